The number of thiophene rings is 1. The molecule has 2 aromatic heterocycles. The lowest BCUT2D eigenvalue weighted by atomic mass is 10.2. The second-order valence-corrected chi connectivity index (χ2v) is 6.53. The molecule has 0 saturated carbocycles. The molecule has 0 bridgehead atoms. The molecular weight excluding hydrogens is 292 g/mol. The van der Waals surface area contributed by atoms with E-state index < -0.39 is 10.0 Å². The van der Waals surface area contributed by atoms with Crippen molar-refractivity contribution in [2.75, 3.05) is 0 Å². The molecule has 1 N–H and O–H groups in total. The van der Waals surface area contributed by atoms with Crippen LogP contribution < -0.4 is 4.72 Å². The summed E-state index contributed by atoms with van der Waals surface area (Å²) in [6.07, 6.45) is 1.45. The van der Waals surface area contributed by atoms with Crippen molar-refractivity contribution in [2.45, 2.75) is 18.4 Å². The van der Waals surface area contributed by atoms with E-state index in [1.54, 1.807) is 11.3 Å². The Morgan fingerprint density at radius 3 is 2.83 bits per heavy atom. The highest BCUT2D eigenvalue weighted by atomic mass is 35.5. The van der Waals surface area contributed by atoms with Crippen LogP contribution in [0.5, 0.6) is 0 Å². The van der Waals surface area contributed by atoms with Crippen LogP contribution in [-0.2, 0) is 16.6 Å². The summed E-state index contributed by atoms with van der Waals surface area (Å²) < 4.78 is 26.6. The number of hydrogen-bond donors (Lipinski definition) is 1. The first-order valence-corrected chi connectivity index (χ1v) is 7.93. The number of sulfonamides is 1. The first kappa shape index (κ1) is 13.5. The van der Waals surface area contributed by atoms with Gasteiger partial charge in [-0.15, -0.1) is 0 Å². The average molecular weight is 303 g/mol. The summed E-state index contributed by atoms with van der Waals surface area (Å²) in [6, 6.07) is 2.97. The number of aryl methyl sites for hydroxylation is 1. The number of rotatable bonds is 4. The molecule has 0 unspecified atom stereocenters. The van der Waals surface area contributed by atoms with Crippen LogP contribution in [0.25, 0.3) is 0 Å². The van der Waals surface area contributed by atoms with Gasteiger partial charge in [-0.05, 0) is 40.9 Å². The summed E-state index contributed by atoms with van der Waals surface area (Å²) >= 11 is 7.31. The average Bonchev–Trinajstić information content (AvgIpc) is 2.73. The molecule has 0 atom stereocenters. The predicted octanol–water partition coefficient (Wildman–Crippen LogP) is 2.58. The van der Waals surface area contributed by atoms with E-state index in [4.69, 9.17) is 11.6 Å². The normalized spacial score (nSPS) is 11.7. The van der Waals surface area contributed by atoms with Gasteiger partial charge in [0.15, 0.2) is 0 Å². The summed E-state index contributed by atoms with van der Waals surface area (Å²) in [5, 5.41) is 3.87. The minimum atomic E-state index is -3.62. The maximum atomic E-state index is 12.0. The topological polar surface area (TPSA) is 59.1 Å². The van der Waals surface area contributed by atoms with Gasteiger partial charge in [-0.2, -0.15) is 11.3 Å². The number of nitrogens with zero attached hydrogens (tertiary/aromatic N) is 1. The molecule has 0 radical (unpaired) electrons. The van der Waals surface area contributed by atoms with E-state index in [-0.39, 0.29) is 16.6 Å². The van der Waals surface area contributed by atoms with E-state index in [0.717, 1.165) is 11.1 Å². The standard InChI is InChI=1S/C11H11ClN2O2S2/c1-8-6-17-7-9(8)5-14-18(15,16)10-3-2-4-13-11(10)12/h2-4,6-7,14H,5H2,1H3. The predicted molar refractivity (Wildman–Crippen MR) is 72.3 cm³/mol. The third-order valence-electron chi connectivity index (χ3n) is 2.43. The van der Waals surface area contributed by atoms with E-state index in [0.29, 0.717) is 0 Å². The van der Waals surface area contributed by atoms with Gasteiger partial charge in [0.2, 0.25) is 10.0 Å². The molecule has 0 aromatic carbocycles. The van der Waals surface area contributed by atoms with Crippen LogP contribution in [0.2, 0.25) is 5.15 Å². The fraction of sp³-hybridized carbons (Fsp3) is 0.182. The lowest BCUT2D eigenvalue weighted by Gasteiger charge is -2.07. The summed E-state index contributed by atoms with van der Waals surface area (Å²) in [6.45, 7) is 2.19. The van der Waals surface area contributed by atoms with Gasteiger partial charge in [0.05, 0.1) is 0 Å². The van der Waals surface area contributed by atoms with Crippen LogP contribution in [-0.4, -0.2) is 13.4 Å². The molecule has 7 heteroatoms. The second-order valence-electron chi connectivity index (χ2n) is 3.70. The Balaban J connectivity index is 2.19. The Hall–Kier alpha value is -0.950. The highest BCUT2D eigenvalue weighted by Gasteiger charge is 2.18. The second kappa shape index (κ2) is 5.36. The van der Waals surface area contributed by atoms with Gasteiger partial charge in [0.25, 0.3) is 0 Å². The molecule has 0 fully saturated rings. The van der Waals surface area contributed by atoms with Crippen LogP contribution in [0.3, 0.4) is 0 Å². The van der Waals surface area contributed by atoms with E-state index in [1.807, 2.05) is 17.7 Å². The molecule has 0 aliphatic carbocycles. The molecule has 96 valence electrons. The molecule has 2 heterocycles. The number of aromatic nitrogens is 1. The van der Waals surface area contributed by atoms with Crippen molar-refractivity contribution in [3.8, 4) is 0 Å². The minimum Gasteiger partial charge on any atom is -0.243 e. The first-order valence-electron chi connectivity index (χ1n) is 5.12. The summed E-state index contributed by atoms with van der Waals surface area (Å²) in [5.41, 5.74) is 2.03. The van der Waals surface area contributed by atoms with Gasteiger partial charge < -0.3 is 0 Å². The Labute approximate surface area is 115 Å². The van der Waals surface area contributed by atoms with Gasteiger partial charge in [0.1, 0.15) is 10.0 Å². The Morgan fingerprint density at radius 2 is 2.22 bits per heavy atom. The van der Waals surface area contributed by atoms with Crippen LogP contribution in [0.1, 0.15) is 11.1 Å². The SMILES string of the molecule is Cc1cscc1CNS(=O)(=O)c1cccnc1Cl. The lowest BCUT2D eigenvalue weighted by Crippen LogP contribution is -2.23. The lowest BCUT2D eigenvalue weighted by molar-refractivity contribution is 0.581. The Morgan fingerprint density at radius 1 is 1.44 bits per heavy atom. The number of pyridine rings is 1. The molecule has 0 saturated heterocycles. The maximum Gasteiger partial charge on any atom is 0.243 e. The highest BCUT2D eigenvalue weighted by molar-refractivity contribution is 7.89. The van der Waals surface area contributed by atoms with Crippen LogP contribution in [0, 0.1) is 6.92 Å². The van der Waals surface area contributed by atoms with E-state index in [2.05, 4.69) is 9.71 Å². The van der Waals surface area contributed by atoms with Crippen molar-refractivity contribution < 1.29 is 8.42 Å². The number of halogens is 1. The van der Waals surface area contributed by atoms with Crippen molar-refractivity contribution >= 4 is 33.0 Å². The highest BCUT2D eigenvalue weighted by Crippen LogP contribution is 2.19. The van der Waals surface area contributed by atoms with Crippen LogP contribution >= 0.6 is 22.9 Å². The van der Waals surface area contributed by atoms with E-state index in [9.17, 15) is 8.42 Å². The third kappa shape index (κ3) is 2.89. The van der Waals surface area contributed by atoms with Crippen LogP contribution in [0.4, 0.5) is 0 Å². The zero-order chi connectivity index (χ0) is 13.2. The molecule has 2 rings (SSSR count). The molecule has 0 aliphatic rings. The third-order valence-corrected chi connectivity index (χ3v) is 5.18. The molecule has 0 amide bonds. The minimum absolute atomic E-state index is 0.000417. The van der Waals surface area contributed by atoms with Crippen molar-refractivity contribution in [1.82, 2.24) is 9.71 Å². The monoisotopic (exact) mass is 302 g/mol. The number of nitrogens with one attached hydrogen (secondary N) is 1. The zero-order valence-corrected chi connectivity index (χ0v) is 11.9. The molecule has 4 nitrogen and oxygen atoms in total. The van der Waals surface area contributed by atoms with Gasteiger partial charge in [-0.1, -0.05) is 11.6 Å². The molecule has 0 aliphatic heterocycles. The molecule has 2 aromatic rings. The number of hydrogen-bond acceptors (Lipinski definition) is 4. The summed E-state index contributed by atoms with van der Waals surface area (Å²) in [7, 11) is -3.62. The smallest absolute Gasteiger partial charge is 0.243 e. The van der Waals surface area contributed by atoms with Crippen molar-refractivity contribution in [2.24, 2.45) is 0 Å². The maximum absolute atomic E-state index is 12.0. The van der Waals surface area contributed by atoms with Crippen molar-refractivity contribution in [3.63, 3.8) is 0 Å². The summed E-state index contributed by atoms with van der Waals surface area (Å²) in [4.78, 5) is 3.76. The fourth-order valence-electron chi connectivity index (χ4n) is 1.39. The van der Waals surface area contributed by atoms with E-state index >= 15 is 0 Å². The molecule has 18 heavy (non-hydrogen) atoms. The first-order chi connectivity index (χ1) is 8.50. The van der Waals surface area contributed by atoms with E-state index in [1.165, 1.54) is 18.3 Å². The van der Waals surface area contributed by atoms with Gasteiger partial charge in [0, 0.05) is 12.7 Å². The van der Waals surface area contributed by atoms with Crippen LogP contribution in [0.15, 0.2) is 34.0 Å². The largest absolute Gasteiger partial charge is 0.243 e. The van der Waals surface area contributed by atoms with Crippen molar-refractivity contribution in [3.05, 3.63) is 45.4 Å². The Bertz CT molecular complexity index is 653. The zero-order valence-electron chi connectivity index (χ0n) is 9.55. The molecular formula is C11H11ClN2O2S2. The summed E-state index contributed by atoms with van der Waals surface area (Å²) in [5.74, 6) is 0. The quantitative estimate of drug-likeness (QED) is 0.883. The fourth-order valence-corrected chi connectivity index (χ4v) is 3.70. The van der Waals surface area contributed by atoms with Gasteiger partial charge in [-0.3, -0.25) is 0 Å². The van der Waals surface area contributed by atoms with Crippen molar-refractivity contribution in [1.29, 1.82) is 0 Å². The van der Waals surface area contributed by atoms with Gasteiger partial charge in [-0.25, -0.2) is 18.1 Å². The Kier molecular flexibility index (Phi) is 4.01. The van der Waals surface area contributed by atoms with Gasteiger partial charge >= 0.3 is 0 Å². The molecule has 0 spiro atoms.